The summed E-state index contributed by atoms with van der Waals surface area (Å²) in [6, 6.07) is 9.21. The Hall–Kier alpha value is -2.07. The van der Waals surface area contributed by atoms with Gasteiger partial charge in [-0.3, -0.25) is 0 Å². The maximum Gasteiger partial charge on any atom is 0.335 e. The van der Waals surface area contributed by atoms with E-state index in [-0.39, 0.29) is 10.6 Å². The van der Waals surface area contributed by atoms with E-state index in [4.69, 9.17) is 16.7 Å². The molecule has 0 saturated heterocycles. The molecule has 0 spiro atoms. The Morgan fingerprint density at radius 2 is 1.84 bits per heavy atom. The molecule has 0 heterocycles. The number of halogens is 2. The predicted molar refractivity (Wildman–Crippen MR) is 72.8 cm³/mol. The lowest BCUT2D eigenvalue weighted by molar-refractivity contribution is 0.0696. The minimum Gasteiger partial charge on any atom is -0.478 e. The third-order valence-electron chi connectivity index (χ3n) is 2.67. The van der Waals surface area contributed by atoms with Gasteiger partial charge in [0.05, 0.1) is 10.6 Å². The van der Waals surface area contributed by atoms with Crippen molar-refractivity contribution in [1.82, 2.24) is 0 Å². The average Bonchev–Trinajstić information content (AvgIpc) is 2.33. The van der Waals surface area contributed by atoms with Gasteiger partial charge in [-0.25, -0.2) is 9.18 Å². The number of carboxylic acid groups (broad SMARTS) is 1. The van der Waals surface area contributed by atoms with Gasteiger partial charge in [-0.1, -0.05) is 11.6 Å². The van der Waals surface area contributed by atoms with E-state index in [1.807, 2.05) is 0 Å². The molecule has 0 aromatic heterocycles. The first-order valence-corrected chi connectivity index (χ1v) is 5.91. The van der Waals surface area contributed by atoms with Gasteiger partial charge < -0.3 is 10.4 Å². The van der Waals surface area contributed by atoms with Gasteiger partial charge >= 0.3 is 5.97 Å². The van der Waals surface area contributed by atoms with Crippen LogP contribution in [0.25, 0.3) is 0 Å². The number of hydrogen-bond acceptors (Lipinski definition) is 2. The Balaban J connectivity index is 2.26. The molecule has 2 aromatic rings. The van der Waals surface area contributed by atoms with Crippen LogP contribution in [-0.4, -0.2) is 11.1 Å². The van der Waals surface area contributed by atoms with Crippen LogP contribution in [0.3, 0.4) is 0 Å². The molecule has 98 valence electrons. The summed E-state index contributed by atoms with van der Waals surface area (Å²) in [6.07, 6.45) is 0. The zero-order valence-corrected chi connectivity index (χ0v) is 10.8. The quantitative estimate of drug-likeness (QED) is 0.884. The molecule has 0 amide bonds. The van der Waals surface area contributed by atoms with E-state index < -0.39 is 11.8 Å². The second kappa shape index (κ2) is 5.28. The summed E-state index contributed by atoms with van der Waals surface area (Å²) in [5.74, 6) is -1.48. The van der Waals surface area contributed by atoms with Gasteiger partial charge in [0.25, 0.3) is 0 Å². The highest BCUT2D eigenvalue weighted by Gasteiger charge is 2.07. The molecule has 2 aromatic carbocycles. The largest absolute Gasteiger partial charge is 0.478 e. The summed E-state index contributed by atoms with van der Waals surface area (Å²) in [5, 5.41) is 12.0. The number of hydrogen-bond donors (Lipinski definition) is 2. The van der Waals surface area contributed by atoms with Crippen LogP contribution in [0.4, 0.5) is 15.8 Å². The summed E-state index contributed by atoms with van der Waals surface area (Å²) >= 11 is 5.60. The minimum absolute atomic E-state index is 0.0583. The van der Waals surface area contributed by atoms with Crippen LogP contribution in [0.2, 0.25) is 5.02 Å². The monoisotopic (exact) mass is 279 g/mol. The molecule has 0 aliphatic rings. The van der Waals surface area contributed by atoms with Gasteiger partial charge in [0.15, 0.2) is 0 Å². The second-order valence-electron chi connectivity index (χ2n) is 4.09. The van der Waals surface area contributed by atoms with Crippen molar-refractivity contribution in [3.8, 4) is 0 Å². The fourth-order valence-corrected chi connectivity index (χ4v) is 1.84. The van der Waals surface area contributed by atoms with Crippen molar-refractivity contribution in [2.45, 2.75) is 6.92 Å². The highest BCUT2D eigenvalue weighted by Crippen LogP contribution is 2.23. The van der Waals surface area contributed by atoms with Crippen molar-refractivity contribution in [3.63, 3.8) is 0 Å². The lowest BCUT2D eigenvalue weighted by Gasteiger charge is -2.09. The normalized spacial score (nSPS) is 10.3. The van der Waals surface area contributed by atoms with Crippen LogP contribution < -0.4 is 5.32 Å². The third kappa shape index (κ3) is 3.03. The summed E-state index contributed by atoms with van der Waals surface area (Å²) in [7, 11) is 0. The number of aryl methyl sites for hydroxylation is 1. The first kappa shape index (κ1) is 13.4. The standard InChI is InChI=1S/C14H11ClFNO2/c1-8-6-9(2-4-11(8)14(18)19)17-10-3-5-12(15)13(16)7-10/h2-7,17H,1H3,(H,18,19). The molecule has 0 atom stereocenters. The first-order valence-electron chi connectivity index (χ1n) is 5.53. The summed E-state index contributed by atoms with van der Waals surface area (Å²) in [5.41, 5.74) is 2.10. The second-order valence-corrected chi connectivity index (χ2v) is 4.50. The van der Waals surface area contributed by atoms with Gasteiger partial charge in [-0.05, 0) is 48.9 Å². The van der Waals surface area contributed by atoms with Crippen LogP contribution in [0.5, 0.6) is 0 Å². The number of aromatic carboxylic acids is 1. The van der Waals surface area contributed by atoms with E-state index >= 15 is 0 Å². The number of carbonyl (C=O) groups is 1. The Morgan fingerprint density at radius 1 is 1.21 bits per heavy atom. The van der Waals surface area contributed by atoms with Crippen molar-refractivity contribution in [2.75, 3.05) is 5.32 Å². The first-order chi connectivity index (χ1) is 8.97. The summed E-state index contributed by atoms with van der Waals surface area (Å²) in [6.45, 7) is 1.71. The number of rotatable bonds is 3. The zero-order chi connectivity index (χ0) is 14.0. The average molecular weight is 280 g/mol. The Morgan fingerprint density at radius 3 is 2.42 bits per heavy atom. The Kier molecular flexibility index (Phi) is 3.71. The fourth-order valence-electron chi connectivity index (χ4n) is 1.72. The molecule has 0 fully saturated rings. The predicted octanol–water partition coefficient (Wildman–Crippen LogP) is 4.23. The van der Waals surface area contributed by atoms with Crippen molar-refractivity contribution >= 4 is 28.9 Å². The van der Waals surface area contributed by atoms with Crippen molar-refractivity contribution in [1.29, 1.82) is 0 Å². The van der Waals surface area contributed by atoms with Crippen LogP contribution in [0.15, 0.2) is 36.4 Å². The summed E-state index contributed by atoms with van der Waals surface area (Å²) < 4.78 is 13.3. The molecule has 0 saturated carbocycles. The van der Waals surface area contributed by atoms with E-state index in [1.54, 1.807) is 25.1 Å². The highest BCUT2D eigenvalue weighted by molar-refractivity contribution is 6.30. The molecule has 3 nitrogen and oxygen atoms in total. The molecular weight excluding hydrogens is 269 g/mol. The van der Waals surface area contributed by atoms with E-state index in [0.717, 1.165) is 0 Å². The maximum atomic E-state index is 13.3. The highest BCUT2D eigenvalue weighted by atomic mass is 35.5. The molecule has 0 aliphatic heterocycles. The SMILES string of the molecule is Cc1cc(Nc2ccc(Cl)c(F)c2)ccc1C(=O)O. The van der Waals surface area contributed by atoms with Crippen LogP contribution >= 0.6 is 11.6 Å². The van der Waals surface area contributed by atoms with E-state index in [0.29, 0.717) is 16.9 Å². The van der Waals surface area contributed by atoms with Crippen molar-refractivity contribution in [3.05, 3.63) is 58.4 Å². The summed E-state index contributed by atoms with van der Waals surface area (Å²) in [4.78, 5) is 10.9. The lowest BCUT2D eigenvalue weighted by atomic mass is 10.1. The van der Waals surface area contributed by atoms with Gasteiger partial charge in [0.2, 0.25) is 0 Å². The van der Waals surface area contributed by atoms with Gasteiger partial charge in [0.1, 0.15) is 5.82 Å². The number of anilines is 2. The Bertz CT molecular complexity index is 643. The number of nitrogens with one attached hydrogen (secondary N) is 1. The smallest absolute Gasteiger partial charge is 0.335 e. The molecular formula is C14H11ClFNO2. The molecule has 0 bridgehead atoms. The molecule has 2 N–H and O–H groups in total. The van der Waals surface area contributed by atoms with Gasteiger partial charge in [-0.15, -0.1) is 0 Å². The van der Waals surface area contributed by atoms with E-state index in [9.17, 15) is 9.18 Å². The van der Waals surface area contributed by atoms with Crippen LogP contribution in [0.1, 0.15) is 15.9 Å². The van der Waals surface area contributed by atoms with Gasteiger partial charge in [0, 0.05) is 11.4 Å². The zero-order valence-electron chi connectivity index (χ0n) is 10.1. The molecule has 5 heteroatoms. The van der Waals surface area contributed by atoms with Gasteiger partial charge in [-0.2, -0.15) is 0 Å². The fraction of sp³-hybridized carbons (Fsp3) is 0.0714. The van der Waals surface area contributed by atoms with Crippen LogP contribution in [0, 0.1) is 12.7 Å². The minimum atomic E-state index is -0.971. The molecule has 19 heavy (non-hydrogen) atoms. The van der Waals surface area contributed by atoms with Crippen molar-refractivity contribution < 1.29 is 14.3 Å². The number of benzene rings is 2. The maximum absolute atomic E-state index is 13.3. The topological polar surface area (TPSA) is 49.3 Å². The van der Waals surface area contributed by atoms with Crippen molar-refractivity contribution in [2.24, 2.45) is 0 Å². The lowest BCUT2D eigenvalue weighted by Crippen LogP contribution is -2.00. The third-order valence-corrected chi connectivity index (χ3v) is 2.97. The molecule has 0 unspecified atom stereocenters. The number of carboxylic acids is 1. The van der Waals surface area contributed by atoms with E-state index in [1.165, 1.54) is 18.2 Å². The Labute approximate surface area is 114 Å². The molecule has 0 radical (unpaired) electrons. The van der Waals surface area contributed by atoms with Crippen LogP contribution in [-0.2, 0) is 0 Å². The van der Waals surface area contributed by atoms with E-state index in [2.05, 4.69) is 5.32 Å². The molecule has 0 aliphatic carbocycles. The molecule has 2 rings (SSSR count).